The van der Waals surface area contributed by atoms with E-state index in [0.29, 0.717) is 13.0 Å². The molecule has 2 atom stereocenters. The van der Waals surface area contributed by atoms with Crippen molar-refractivity contribution in [1.82, 2.24) is 9.62 Å². The Hall–Kier alpha value is -1.19. The summed E-state index contributed by atoms with van der Waals surface area (Å²) in [6.07, 6.45) is 1.02. The van der Waals surface area contributed by atoms with Gasteiger partial charge in [-0.15, -0.1) is 0 Å². The zero-order valence-corrected chi connectivity index (χ0v) is 11.1. The quantitative estimate of drug-likeness (QED) is 0.644. The molecule has 0 aliphatic carbocycles. The van der Waals surface area contributed by atoms with E-state index in [-0.39, 0.29) is 12.3 Å². The molecule has 2 N–H and O–H groups in total. The fourth-order valence-electron chi connectivity index (χ4n) is 2.23. The molecular weight excluding hydrogens is 276 g/mol. The first-order valence-corrected chi connectivity index (χ1v) is 7.61. The molecule has 9 heteroatoms. The molecule has 2 saturated heterocycles. The van der Waals surface area contributed by atoms with E-state index in [1.807, 2.05) is 0 Å². The van der Waals surface area contributed by atoms with Gasteiger partial charge in [0.25, 0.3) is 0 Å². The number of carbonyl (C=O) groups is 2. The number of nitrogens with one attached hydrogen (secondary N) is 1. The Morgan fingerprint density at radius 1 is 1.53 bits per heavy atom. The average molecular weight is 292 g/mol. The normalized spacial score (nSPS) is 29.2. The van der Waals surface area contributed by atoms with Crippen LogP contribution >= 0.6 is 0 Å². The molecule has 0 aromatic heterocycles. The highest BCUT2D eigenvalue weighted by Gasteiger charge is 2.40. The Morgan fingerprint density at radius 3 is 2.84 bits per heavy atom. The summed E-state index contributed by atoms with van der Waals surface area (Å²) in [6.45, 7) is -0.145. The third-order valence-electron chi connectivity index (χ3n) is 3.20. The van der Waals surface area contributed by atoms with Gasteiger partial charge in [0.1, 0.15) is 6.04 Å². The topological polar surface area (TPSA) is 113 Å². The van der Waals surface area contributed by atoms with Crippen LogP contribution in [0.1, 0.15) is 12.8 Å². The van der Waals surface area contributed by atoms with Crippen molar-refractivity contribution in [3.63, 3.8) is 0 Å². The van der Waals surface area contributed by atoms with Crippen LogP contribution in [0.2, 0.25) is 0 Å². The second-order valence-electron chi connectivity index (χ2n) is 4.62. The first-order chi connectivity index (χ1) is 8.90. The highest BCUT2D eigenvalue weighted by atomic mass is 32.2. The monoisotopic (exact) mass is 292 g/mol. The van der Waals surface area contributed by atoms with Gasteiger partial charge in [-0.1, -0.05) is 0 Å². The predicted octanol–water partition coefficient (Wildman–Crippen LogP) is -1.62. The maximum atomic E-state index is 12.2. The molecule has 0 bridgehead atoms. The van der Waals surface area contributed by atoms with Crippen LogP contribution in [0, 0.1) is 0 Å². The maximum Gasteiger partial charge on any atom is 0.323 e. The summed E-state index contributed by atoms with van der Waals surface area (Å²) in [5.74, 6) is -2.03. The summed E-state index contributed by atoms with van der Waals surface area (Å²) in [4.78, 5) is 22.4. The number of amides is 1. The Balaban J connectivity index is 2.14. The Labute approximate surface area is 110 Å². The molecule has 2 heterocycles. The van der Waals surface area contributed by atoms with Crippen LogP contribution in [0.15, 0.2) is 0 Å². The highest BCUT2D eigenvalue weighted by Crippen LogP contribution is 2.18. The smallest absolute Gasteiger partial charge is 0.323 e. The van der Waals surface area contributed by atoms with Crippen molar-refractivity contribution in [1.29, 1.82) is 0 Å². The molecule has 0 radical (unpaired) electrons. The number of hydrogen-bond donors (Lipinski definition) is 2. The van der Waals surface area contributed by atoms with Crippen LogP contribution in [0.5, 0.6) is 0 Å². The average Bonchev–Trinajstić information content (AvgIpc) is 2.80. The second-order valence-corrected chi connectivity index (χ2v) is 6.58. The first-order valence-electron chi connectivity index (χ1n) is 6.01. The molecule has 0 aromatic carbocycles. The molecule has 2 aliphatic heterocycles. The molecule has 19 heavy (non-hydrogen) atoms. The van der Waals surface area contributed by atoms with Crippen LogP contribution in [-0.4, -0.2) is 67.3 Å². The van der Waals surface area contributed by atoms with Gasteiger partial charge in [0.15, 0.2) is 0 Å². The van der Waals surface area contributed by atoms with E-state index in [1.165, 1.54) is 0 Å². The zero-order valence-electron chi connectivity index (χ0n) is 10.2. The van der Waals surface area contributed by atoms with Crippen molar-refractivity contribution in [3.8, 4) is 0 Å². The maximum absolute atomic E-state index is 12.2. The molecule has 1 amide bonds. The van der Waals surface area contributed by atoms with Gasteiger partial charge in [0.2, 0.25) is 15.9 Å². The van der Waals surface area contributed by atoms with E-state index in [9.17, 15) is 18.0 Å². The number of sulfonamides is 1. The Kier molecular flexibility index (Phi) is 4.07. The zero-order chi connectivity index (χ0) is 14.0. The van der Waals surface area contributed by atoms with Gasteiger partial charge < -0.3 is 15.2 Å². The second kappa shape index (κ2) is 5.43. The van der Waals surface area contributed by atoms with Crippen molar-refractivity contribution >= 4 is 21.9 Å². The number of aliphatic carboxylic acids is 1. The number of hydrogen-bond acceptors (Lipinski definition) is 5. The number of carboxylic acid groups (broad SMARTS) is 1. The number of carboxylic acids is 1. The summed E-state index contributed by atoms with van der Waals surface area (Å²) in [6, 6.07) is -1.25. The van der Waals surface area contributed by atoms with Crippen LogP contribution in [-0.2, 0) is 24.3 Å². The summed E-state index contributed by atoms with van der Waals surface area (Å²) < 4.78 is 30.4. The Bertz CT molecular complexity index is 470. The lowest BCUT2D eigenvalue weighted by Gasteiger charge is -2.32. The Morgan fingerprint density at radius 2 is 2.26 bits per heavy atom. The van der Waals surface area contributed by atoms with E-state index >= 15 is 0 Å². The lowest BCUT2D eigenvalue weighted by molar-refractivity contribution is -0.143. The van der Waals surface area contributed by atoms with Crippen molar-refractivity contribution in [2.75, 3.05) is 25.4 Å². The van der Waals surface area contributed by atoms with Gasteiger partial charge in [-0.05, 0) is 12.8 Å². The van der Waals surface area contributed by atoms with Gasteiger partial charge in [0.05, 0.1) is 18.4 Å². The molecule has 2 rings (SSSR count). The molecule has 2 aliphatic rings. The number of piperazine rings is 1. The van der Waals surface area contributed by atoms with Gasteiger partial charge in [0, 0.05) is 13.2 Å². The first kappa shape index (κ1) is 14.2. The van der Waals surface area contributed by atoms with Crippen molar-refractivity contribution in [2.24, 2.45) is 0 Å². The van der Waals surface area contributed by atoms with Crippen molar-refractivity contribution in [3.05, 3.63) is 0 Å². The number of carbonyl (C=O) groups excluding carboxylic acids is 1. The third-order valence-corrected chi connectivity index (χ3v) is 5.09. The molecule has 0 aromatic rings. The van der Waals surface area contributed by atoms with Crippen molar-refractivity contribution < 1.29 is 27.9 Å². The van der Waals surface area contributed by atoms with E-state index in [4.69, 9.17) is 9.84 Å². The SMILES string of the molecule is O=C1CN(S(=O)(=O)CC2CCCO2)C(C(=O)O)CN1. The standard InChI is InChI=1S/C10H16N2O6S/c13-9-5-12(8(4-11-9)10(14)15)19(16,17)6-7-2-1-3-18-7/h7-8H,1-6H2,(H,11,13)(H,14,15). The fraction of sp³-hybridized carbons (Fsp3) is 0.800. The molecular formula is C10H16N2O6S. The van der Waals surface area contributed by atoms with Crippen LogP contribution < -0.4 is 5.32 Å². The molecule has 108 valence electrons. The van der Waals surface area contributed by atoms with Crippen LogP contribution in [0.3, 0.4) is 0 Å². The predicted molar refractivity (Wildman–Crippen MR) is 63.9 cm³/mol. The van der Waals surface area contributed by atoms with E-state index in [2.05, 4.69) is 5.32 Å². The summed E-state index contributed by atoms with van der Waals surface area (Å²) in [5, 5.41) is 11.4. The minimum absolute atomic E-state index is 0.209. The van der Waals surface area contributed by atoms with E-state index in [1.54, 1.807) is 0 Å². The van der Waals surface area contributed by atoms with Gasteiger partial charge in [-0.3, -0.25) is 9.59 Å². The van der Waals surface area contributed by atoms with Gasteiger partial charge in [-0.2, -0.15) is 4.31 Å². The number of ether oxygens (including phenoxy) is 1. The molecule has 2 fully saturated rings. The lowest BCUT2D eigenvalue weighted by atomic mass is 10.2. The number of nitrogens with zero attached hydrogens (tertiary/aromatic N) is 1. The highest BCUT2D eigenvalue weighted by molar-refractivity contribution is 7.89. The number of rotatable bonds is 4. The molecule has 0 spiro atoms. The molecule has 0 saturated carbocycles. The molecule has 2 unspecified atom stereocenters. The van der Waals surface area contributed by atoms with Gasteiger partial charge in [-0.25, -0.2) is 8.42 Å². The third kappa shape index (κ3) is 3.23. The minimum Gasteiger partial charge on any atom is -0.480 e. The van der Waals surface area contributed by atoms with E-state index in [0.717, 1.165) is 10.7 Å². The van der Waals surface area contributed by atoms with Gasteiger partial charge >= 0.3 is 5.97 Å². The fourth-order valence-corrected chi connectivity index (χ4v) is 4.02. The van der Waals surface area contributed by atoms with Crippen LogP contribution in [0.4, 0.5) is 0 Å². The largest absolute Gasteiger partial charge is 0.480 e. The molecule has 8 nitrogen and oxygen atoms in total. The van der Waals surface area contributed by atoms with Crippen molar-refractivity contribution in [2.45, 2.75) is 25.0 Å². The summed E-state index contributed by atoms with van der Waals surface area (Å²) >= 11 is 0. The minimum atomic E-state index is -3.83. The van der Waals surface area contributed by atoms with Crippen LogP contribution in [0.25, 0.3) is 0 Å². The lowest BCUT2D eigenvalue weighted by Crippen LogP contribution is -2.60. The van der Waals surface area contributed by atoms with E-state index < -0.39 is 40.6 Å². The summed E-state index contributed by atoms with van der Waals surface area (Å²) in [5.41, 5.74) is 0. The summed E-state index contributed by atoms with van der Waals surface area (Å²) in [7, 11) is -3.83.